The molecule has 138 valence electrons. The lowest BCUT2D eigenvalue weighted by molar-refractivity contribution is -0.154. The van der Waals surface area contributed by atoms with Gasteiger partial charge in [-0.2, -0.15) is 0 Å². The van der Waals surface area contributed by atoms with E-state index in [9.17, 15) is 14.4 Å². The first-order chi connectivity index (χ1) is 13.1. The van der Waals surface area contributed by atoms with Gasteiger partial charge in [0.1, 0.15) is 6.54 Å². The molecule has 2 amide bonds. The lowest BCUT2D eigenvalue weighted by atomic mass is 9.85. The maximum absolute atomic E-state index is 12.3. The zero-order chi connectivity index (χ0) is 18.8. The molecule has 8 nitrogen and oxygen atoms in total. The topological polar surface area (TPSA) is 103 Å². The third-order valence-corrected chi connectivity index (χ3v) is 4.73. The number of imide groups is 1. The van der Waals surface area contributed by atoms with Gasteiger partial charge < -0.3 is 9.15 Å². The van der Waals surface area contributed by atoms with E-state index in [4.69, 9.17) is 9.15 Å². The van der Waals surface area contributed by atoms with Crippen LogP contribution >= 0.6 is 0 Å². The molecule has 2 aromatic rings. The van der Waals surface area contributed by atoms with Crippen LogP contribution in [-0.2, 0) is 25.7 Å². The molecule has 1 saturated heterocycles. The number of amides is 2. The summed E-state index contributed by atoms with van der Waals surface area (Å²) in [5.74, 6) is -1.57. The number of esters is 1. The highest BCUT2D eigenvalue weighted by atomic mass is 16.5. The predicted molar refractivity (Wildman–Crippen MR) is 91.6 cm³/mol. The fraction of sp³-hybridized carbons (Fsp3) is 0.316. The highest BCUT2D eigenvalue weighted by Crippen LogP contribution is 2.34. The van der Waals surface area contributed by atoms with E-state index < -0.39 is 12.5 Å². The third kappa shape index (κ3) is 3.38. The molecule has 0 N–H and O–H groups in total. The minimum Gasteiger partial charge on any atom is -0.454 e. The minimum atomic E-state index is -0.692. The van der Waals surface area contributed by atoms with Crippen LogP contribution in [0.15, 0.2) is 46.9 Å². The lowest BCUT2D eigenvalue weighted by Gasteiger charge is -2.14. The van der Waals surface area contributed by atoms with Crippen molar-refractivity contribution in [3.05, 3.63) is 48.4 Å². The summed E-state index contributed by atoms with van der Waals surface area (Å²) in [7, 11) is 0. The zero-order valence-corrected chi connectivity index (χ0v) is 14.4. The molecule has 0 bridgehead atoms. The van der Waals surface area contributed by atoms with Crippen molar-refractivity contribution in [2.24, 2.45) is 11.8 Å². The molecule has 1 aromatic carbocycles. The number of hydrogen-bond donors (Lipinski definition) is 0. The number of likely N-dealkylation sites (tertiary alicyclic amines) is 1. The van der Waals surface area contributed by atoms with E-state index in [-0.39, 0.29) is 36.1 Å². The Balaban J connectivity index is 1.33. The molecule has 27 heavy (non-hydrogen) atoms. The van der Waals surface area contributed by atoms with Crippen LogP contribution in [0.5, 0.6) is 0 Å². The smallest absolute Gasteiger partial charge is 0.326 e. The summed E-state index contributed by atoms with van der Waals surface area (Å²) in [6.07, 6.45) is 4.86. The van der Waals surface area contributed by atoms with Gasteiger partial charge in [-0.3, -0.25) is 19.3 Å². The summed E-state index contributed by atoms with van der Waals surface area (Å²) in [6.45, 7) is -0.617. The number of nitrogens with zero attached hydrogens (tertiary/aromatic N) is 3. The van der Waals surface area contributed by atoms with E-state index >= 15 is 0 Å². The number of rotatable bonds is 5. The van der Waals surface area contributed by atoms with Gasteiger partial charge in [0.25, 0.3) is 5.89 Å². The Hall–Kier alpha value is -3.29. The molecule has 0 unspecified atom stereocenters. The standard InChI is InChI=1S/C19H17N3O5/c23-16(10-22-18(24)13-8-4-5-9-14(13)19(22)25)26-11-15-20-21-17(27-15)12-6-2-1-3-7-12/h1-7,13-14H,8-11H2/t13-,14-/m0/s1. The summed E-state index contributed by atoms with van der Waals surface area (Å²) >= 11 is 0. The fourth-order valence-corrected chi connectivity index (χ4v) is 3.35. The predicted octanol–water partition coefficient (Wildman–Crippen LogP) is 1.73. The number of hydrogen-bond acceptors (Lipinski definition) is 7. The number of allylic oxidation sites excluding steroid dienone is 2. The van der Waals surface area contributed by atoms with E-state index in [0.717, 1.165) is 10.5 Å². The minimum absolute atomic E-state index is 0.138. The van der Waals surface area contributed by atoms with Crippen molar-refractivity contribution < 1.29 is 23.5 Å². The molecule has 1 fully saturated rings. The number of benzene rings is 1. The quantitative estimate of drug-likeness (QED) is 0.450. The molecule has 2 heterocycles. The third-order valence-electron chi connectivity index (χ3n) is 4.73. The first-order valence-corrected chi connectivity index (χ1v) is 8.67. The first kappa shape index (κ1) is 17.1. The molecule has 0 spiro atoms. The summed E-state index contributed by atoms with van der Waals surface area (Å²) in [5, 5.41) is 7.74. The second-order valence-electron chi connectivity index (χ2n) is 6.45. The molecular weight excluding hydrogens is 350 g/mol. The van der Waals surface area contributed by atoms with Crippen molar-refractivity contribution in [1.29, 1.82) is 0 Å². The van der Waals surface area contributed by atoms with Crippen molar-refractivity contribution in [3.63, 3.8) is 0 Å². The normalized spacial score (nSPS) is 21.4. The first-order valence-electron chi connectivity index (χ1n) is 8.67. The maximum atomic E-state index is 12.3. The van der Waals surface area contributed by atoms with Crippen molar-refractivity contribution in [2.75, 3.05) is 6.54 Å². The highest BCUT2D eigenvalue weighted by Gasteiger charge is 2.47. The summed E-state index contributed by atoms with van der Waals surface area (Å²) in [4.78, 5) is 37.8. The molecule has 2 atom stereocenters. The van der Waals surface area contributed by atoms with Crippen LogP contribution in [0.4, 0.5) is 0 Å². The van der Waals surface area contributed by atoms with Gasteiger partial charge in [0.15, 0.2) is 6.61 Å². The average molecular weight is 367 g/mol. The molecule has 0 radical (unpaired) electrons. The average Bonchev–Trinajstić information content (AvgIpc) is 3.27. The Morgan fingerprint density at radius 2 is 1.74 bits per heavy atom. The van der Waals surface area contributed by atoms with Crippen molar-refractivity contribution in [3.8, 4) is 11.5 Å². The van der Waals surface area contributed by atoms with Gasteiger partial charge in [0, 0.05) is 5.56 Å². The van der Waals surface area contributed by atoms with E-state index in [1.807, 2.05) is 42.5 Å². The fourth-order valence-electron chi connectivity index (χ4n) is 3.35. The van der Waals surface area contributed by atoms with E-state index in [1.54, 1.807) is 0 Å². The summed E-state index contributed by atoms with van der Waals surface area (Å²) < 4.78 is 10.5. The number of aromatic nitrogens is 2. The van der Waals surface area contributed by atoms with Crippen molar-refractivity contribution in [1.82, 2.24) is 15.1 Å². The van der Waals surface area contributed by atoms with Gasteiger partial charge in [-0.05, 0) is 25.0 Å². The molecule has 1 aromatic heterocycles. The Kier molecular flexibility index (Phi) is 4.53. The van der Waals surface area contributed by atoms with Crippen molar-refractivity contribution >= 4 is 17.8 Å². The number of fused-ring (bicyclic) bond motifs is 1. The second kappa shape index (κ2) is 7.14. The van der Waals surface area contributed by atoms with Crippen LogP contribution in [-0.4, -0.2) is 39.4 Å². The number of carbonyl (C=O) groups is 3. The van der Waals surface area contributed by atoms with Crippen molar-refractivity contribution in [2.45, 2.75) is 19.4 Å². The van der Waals surface area contributed by atoms with Crippen LogP contribution in [0.2, 0.25) is 0 Å². The zero-order valence-electron chi connectivity index (χ0n) is 14.4. The van der Waals surface area contributed by atoms with Crippen LogP contribution < -0.4 is 0 Å². The number of carbonyl (C=O) groups excluding carboxylic acids is 3. The van der Waals surface area contributed by atoms with Gasteiger partial charge in [-0.1, -0.05) is 30.4 Å². The molecule has 4 rings (SSSR count). The Bertz CT molecular complexity index is 879. The summed E-state index contributed by atoms with van der Waals surface area (Å²) in [5.41, 5.74) is 0.757. The molecule has 0 saturated carbocycles. The second-order valence-corrected chi connectivity index (χ2v) is 6.45. The van der Waals surface area contributed by atoms with Gasteiger partial charge >= 0.3 is 5.97 Å². The Morgan fingerprint density at radius 1 is 1.07 bits per heavy atom. The van der Waals surface area contributed by atoms with Gasteiger partial charge in [-0.15, -0.1) is 10.2 Å². The summed E-state index contributed by atoms with van der Waals surface area (Å²) in [6, 6.07) is 9.20. The van der Waals surface area contributed by atoms with E-state index in [2.05, 4.69) is 10.2 Å². The van der Waals surface area contributed by atoms with E-state index in [1.165, 1.54) is 0 Å². The van der Waals surface area contributed by atoms with Gasteiger partial charge in [0.2, 0.25) is 17.7 Å². The van der Waals surface area contributed by atoms with Gasteiger partial charge in [-0.25, -0.2) is 0 Å². The van der Waals surface area contributed by atoms with Crippen LogP contribution in [0, 0.1) is 11.8 Å². The van der Waals surface area contributed by atoms with Crippen LogP contribution in [0.25, 0.3) is 11.5 Å². The monoisotopic (exact) mass is 367 g/mol. The molecule has 1 aliphatic carbocycles. The number of ether oxygens (including phenoxy) is 1. The van der Waals surface area contributed by atoms with Crippen LogP contribution in [0.3, 0.4) is 0 Å². The molecular formula is C19H17N3O5. The molecule has 8 heteroatoms. The Morgan fingerprint density at radius 3 is 2.41 bits per heavy atom. The van der Waals surface area contributed by atoms with E-state index in [0.29, 0.717) is 18.7 Å². The highest BCUT2D eigenvalue weighted by molar-refractivity contribution is 6.07. The molecule has 1 aliphatic heterocycles. The van der Waals surface area contributed by atoms with Crippen LogP contribution in [0.1, 0.15) is 18.7 Å². The Labute approximate surface area is 154 Å². The van der Waals surface area contributed by atoms with Gasteiger partial charge in [0.05, 0.1) is 11.8 Å². The molecule has 2 aliphatic rings. The SMILES string of the molecule is O=C(CN1C(=O)[C@H]2CC=CC[C@@H]2C1=O)OCc1nnc(-c2ccccc2)o1. The lowest BCUT2D eigenvalue weighted by Crippen LogP contribution is -2.36. The maximum Gasteiger partial charge on any atom is 0.326 e. The largest absolute Gasteiger partial charge is 0.454 e.